The van der Waals surface area contributed by atoms with Crippen LogP contribution in [0.15, 0.2) is 11.6 Å². The third kappa shape index (κ3) is 2.44. The Kier molecular flexibility index (Phi) is 4.16. The number of carbonyl (C=O) groups excluding carboxylic acids is 1. The lowest BCUT2D eigenvalue weighted by Crippen LogP contribution is -2.49. The summed E-state index contributed by atoms with van der Waals surface area (Å²) in [5.74, 6) is 3.41. The second-order valence-electron chi connectivity index (χ2n) is 8.77. The first-order chi connectivity index (χ1) is 11.2. The maximum absolute atomic E-state index is 11.8. The number of aliphatic hydroxyl groups excluding tert-OH is 1. The minimum atomic E-state index is -0.0510. The SMILES string of the molecule is CCCC[C@]12CC[C@H]3[C@@H](CCC4=CC(=O)CC[C@@H]43)[C@@H]1CC[C@@H]2O. The van der Waals surface area contributed by atoms with E-state index in [9.17, 15) is 9.90 Å². The molecule has 0 aromatic rings. The lowest BCUT2D eigenvalue weighted by Gasteiger charge is -2.54. The minimum Gasteiger partial charge on any atom is -0.393 e. The molecule has 0 unspecified atom stereocenters. The third-order valence-electron chi connectivity index (χ3n) is 7.97. The molecule has 0 bridgehead atoms. The second kappa shape index (κ2) is 6.02. The Morgan fingerprint density at radius 2 is 2.00 bits per heavy atom. The Morgan fingerprint density at radius 1 is 1.13 bits per heavy atom. The van der Waals surface area contributed by atoms with Gasteiger partial charge in [0.05, 0.1) is 6.10 Å². The van der Waals surface area contributed by atoms with E-state index < -0.39 is 0 Å². The van der Waals surface area contributed by atoms with Crippen LogP contribution in [0.4, 0.5) is 0 Å². The summed E-state index contributed by atoms with van der Waals surface area (Å²) >= 11 is 0. The third-order valence-corrected chi connectivity index (χ3v) is 7.97. The molecule has 128 valence electrons. The summed E-state index contributed by atoms with van der Waals surface area (Å²) in [7, 11) is 0. The zero-order valence-corrected chi connectivity index (χ0v) is 14.6. The van der Waals surface area contributed by atoms with Gasteiger partial charge in [-0.05, 0) is 86.5 Å². The van der Waals surface area contributed by atoms with Crippen molar-refractivity contribution in [3.63, 3.8) is 0 Å². The number of fused-ring (bicyclic) bond motifs is 5. The first-order valence-corrected chi connectivity index (χ1v) is 10.1. The average Bonchev–Trinajstić information content (AvgIpc) is 2.89. The molecule has 23 heavy (non-hydrogen) atoms. The molecule has 0 aliphatic heterocycles. The summed E-state index contributed by atoms with van der Waals surface area (Å²) in [6.45, 7) is 2.27. The van der Waals surface area contributed by atoms with Crippen molar-refractivity contribution in [2.24, 2.45) is 29.1 Å². The molecule has 2 nitrogen and oxygen atoms in total. The average molecular weight is 316 g/mol. The fourth-order valence-corrected chi connectivity index (χ4v) is 6.95. The monoisotopic (exact) mass is 316 g/mol. The van der Waals surface area contributed by atoms with Gasteiger partial charge in [0.1, 0.15) is 0 Å². The van der Waals surface area contributed by atoms with Crippen LogP contribution in [-0.4, -0.2) is 17.0 Å². The zero-order chi connectivity index (χ0) is 16.0. The van der Waals surface area contributed by atoms with Crippen molar-refractivity contribution in [1.29, 1.82) is 0 Å². The van der Waals surface area contributed by atoms with Gasteiger partial charge in [-0.1, -0.05) is 25.3 Å². The first kappa shape index (κ1) is 15.9. The van der Waals surface area contributed by atoms with Crippen molar-refractivity contribution < 1.29 is 9.90 Å². The summed E-state index contributed by atoms with van der Waals surface area (Å²) < 4.78 is 0. The van der Waals surface area contributed by atoms with Crippen molar-refractivity contribution in [3.8, 4) is 0 Å². The van der Waals surface area contributed by atoms with Crippen LogP contribution in [0.25, 0.3) is 0 Å². The van der Waals surface area contributed by atoms with E-state index in [1.807, 2.05) is 6.08 Å². The predicted octanol–water partition coefficient (Wildman–Crippen LogP) is 4.66. The Morgan fingerprint density at radius 3 is 2.83 bits per heavy atom. The lowest BCUT2D eigenvalue weighted by atomic mass is 9.51. The van der Waals surface area contributed by atoms with E-state index in [2.05, 4.69) is 6.92 Å². The van der Waals surface area contributed by atoms with Gasteiger partial charge >= 0.3 is 0 Å². The van der Waals surface area contributed by atoms with Crippen molar-refractivity contribution in [2.45, 2.75) is 83.7 Å². The molecular formula is C21H32O2. The van der Waals surface area contributed by atoms with Crippen LogP contribution in [0.3, 0.4) is 0 Å². The normalized spacial score (nSPS) is 45.9. The van der Waals surface area contributed by atoms with Crippen molar-refractivity contribution >= 4 is 5.78 Å². The van der Waals surface area contributed by atoms with Gasteiger partial charge in [-0.3, -0.25) is 4.79 Å². The van der Waals surface area contributed by atoms with Crippen LogP contribution in [-0.2, 0) is 4.79 Å². The van der Waals surface area contributed by atoms with Crippen LogP contribution in [0, 0.1) is 29.1 Å². The highest BCUT2D eigenvalue weighted by molar-refractivity contribution is 5.91. The number of carbonyl (C=O) groups is 1. The van der Waals surface area contributed by atoms with E-state index in [-0.39, 0.29) is 11.5 Å². The van der Waals surface area contributed by atoms with E-state index in [0.717, 1.165) is 43.4 Å². The van der Waals surface area contributed by atoms with Gasteiger partial charge in [0, 0.05) is 6.42 Å². The number of hydrogen-bond acceptors (Lipinski definition) is 2. The summed E-state index contributed by atoms with van der Waals surface area (Å²) in [5.41, 5.74) is 1.71. The van der Waals surface area contributed by atoms with Crippen LogP contribution >= 0.6 is 0 Å². The summed E-state index contributed by atoms with van der Waals surface area (Å²) in [6.07, 6.45) is 14.8. The molecule has 0 radical (unpaired) electrons. The molecule has 4 aliphatic rings. The Hall–Kier alpha value is -0.630. The predicted molar refractivity (Wildman–Crippen MR) is 92.0 cm³/mol. The Balaban J connectivity index is 1.59. The lowest BCUT2D eigenvalue weighted by molar-refractivity contribution is -0.116. The highest BCUT2D eigenvalue weighted by Gasteiger charge is 2.57. The maximum atomic E-state index is 11.8. The van der Waals surface area contributed by atoms with Crippen LogP contribution < -0.4 is 0 Å². The fraction of sp³-hybridized carbons (Fsp3) is 0.857. The number of hydrogen-bond donors (Lipinski definition) is 1. The quantitative estimate of drug-likeness (QED) is 0.822. The van der Waals surface area contributed by atoms with E-state index in [4.69, 9.17) is 0 Å². The molecule has 4 rings (SSSR count). The highest BCUT2D eigenvalue weighted by Crippen LogP contribution is 2.63. The Labute approximate surface area is 140 Å². The highest BCUT2D eigenvalue weighted by atomic mass is 16.3. The number of allylic oxidation sites excluding steroid dienone is 1. The van der Waals surface area contributed by atoms with Crippen molar-refractivity contribution in [1.82, 2.24) is 0 Å². The Bertz CT molecular complexity index is 508. The van der Waals surface area contributed by atoms with Crippen molar-refractivity contribution in [2.75, 3.05) is 0 Å². The van der Waals surface area contributed by atoms with Gasteiger partial charge in [0.2, 0.25) is 0 Å². The largest absolute Gasteiger partial charge is 0.393 e. The second-order valence-corrected chi connectivity index (χ2v) is 8.77. The number of aliphatic hydroxyl groups is 1. The molecule has 3 saturated carbocycles. The molecule has 2 heteroatoms. The molecule has 0 amide bonds. The number of ketones is 1. The maximum Gasteiger partial charge on any atom is 0.155 e. The smallest absolute Gasteiger partial charge is 0.155 e. The van der Waals surface area contributed by atoms with Crippen LogP contribution in [0.5, 0.6) is 0 Å². The summed E-state index contributed by atoms with van der Waals surface area (Å²) in [4.78, 5) is 11.8. The molecule has 0 aromatic heterocycles. The first-order valence-electron chi connectivity index (χ1n) is 10.1. The van der Waals surface area contributed by atoms with E-state index >= 15 is 0 Å². The molecular weight excluding hydrogens is 284 g/mol. The fourth-order valence-electron chi connectivity index (χ4n) is 6.95. The van der Waals surface area contributed by atoms with Gasteiger partial charge in [-0.15, -0.1) is 0 Å². The standard InChI is InChI=1S/C21H32O2/c1-2-3-11-21-12-10-17-16-7-5-15(22)13-14(16)4-6-18(17)19(21)8-9-20(21)23/h13,16-20,23H,2-12H2,1H3/t16-,17+,18+,19-,20-,21-/m0/s1. The van der Waals surface area contributed by atoms with Gasteiger partial charge in [0.25, 0.3) is 0 Å². The molecule has 0 saturated heterocycles. The van der Waals surface area contributed by atoms with E-state index in [0.29, 0.717) is 11.7 Å². The molecule has 3 fully saturated rings. The minimum absolute atomic E-state index is 0.0510. The molecule has 4 aliphatic carbocycles. The van der Waals surface area contributed by atoms with Gasteiger partial charge in [-0.2, -0.15) is 0 Å². The van der Waals surface area contributed by atoms with Crippen LogP contribution in [0.1, 0.15) is 77.6 Å². The van der Waals surface area contributed by atoms with Gasteiger partial charge in [0.15, 0.2) is 5.78 Å². The van der Waals surface area contributed by atoms with E-state index in [1.54, 1.807) is 0 Å². The molecule has 1 N–H and O–H groups in total. The van der Waals surface area contributed by atoms with Gasteiger partial charge < -0.3 is 5.11 Å². The molecule has 6 atom stereocenters. The molecule has 0 aromatic carbocycles. The van der Waals surface area contributed by atoms with Crippen LogP contribution in [0.2, 0.25) is 0 Å². The topological polar surface area (TPSA) is 37.3 Å². The molecule has 0 heterocycles. The zero-order valence-electron chi connectivity index (χ0n) is 14.6. The summed E-state index contributed by atoms with van der Waals surface area (Å²) in [6, 6.07) is 0. The summed E-state index contributed by atoms with van der Waals surface area (Å²) in [5, 5.41) is 10.8. The number of rotatable bonds is 3. The van der Waals surface area contributed by atoms with Crippen molar-refractivity contribution in [3.05, 3.63) is 11.6 Å². The van der Waals surface area contributed by atoms with Gasteiger partial charge in [-0.25, -0.2) is 0 Å². The molecule has 0 spiro atoms. The van der Waals surface area contributed by atoms with E-state index in [1.165, 1.54) is 50.5 Å². The number of unbranched alkanes of at least 4 members (excludes halogenated alkanes) is 1.